The highest BCUT2D eigenvalue weighted by molar-refractivity contribution is 9.10. The largest absolute Gasteiger partial charge is 0.372 e. The molecule has 4 N–H and O–H groups in total. The van der Waals surface area contributed by atoms with Gasteiger partial charge in [-0.1, -0.05) is 29.8 Å². The number of unbranched alkanes of at least 4 members (excludes halogenated alkanes) is 1. The van der Waals surface area contributed by atoms with E-state index in [2.05, 4.69) is 50.9 Å². The lowest BCUT2D eigenvalue weighted by Crippen LogP contribution is -2.24. The number of hydrogen-bond acceptors (Lipinski definition) is 6. The summed E-state index contributed by atoms with van der Waals surface area (Å²) in [7, 11) is 0. The van der Waals surface area contributed by atoms with Crippen molar-refractivity contribution in [1.82, 2.24) is 20.3 Å². The summed E-state index contributed by atoms with van der Waals surface area (Å²) in [6, 6.07) is 7.97. The number of hydroxylamine groups is 1. The Hall–Kier alpha value is -2.04. The number of hydrogen-bond donors (Lipinski definition) is 4. The molecule has 1 unspecified atom stereocenters. The third-order valence-electron chi connectivity index (χ3n) is 6.22. The summed E-state index contributed by atoms with van der Waals surface area (Å²) in [5.41, 5.74) is 5.87. The van der Waals surface area contributed by atoms with Crippen LogP contribution in [0.25, 0.3) is 11.0 Å². The van der Waals surface area contributed by atoms with Crippen LogP contribution in [-0.4, -0.2) is 33.9 Å². The second kappa shape index (κ2) is 11.8. The molecule has 0 amide bonds. The summed E-state index contributed by atoms with van der Waals surface area (Å²) < 4.78 is 18.7. The Morgan fingerprint density at radius 1 is 1.26 bits per heavy atom. The monoisotopic (exact) mass is 547 g/mol. The molecule has 1 aliphatic rings. The molecule has 190 valence electrons. The van der Waals surface area contributed by atoms with E-state index in [9.17, 15) is 5.11 Å². The molecule has 4 rings (SSSR count). The van der Waals surface area contributed by atoms with Crippen molar-refractivity contribution < 1.29 is 14.3 Å². The Morgan fingerprint density at radius 3 is 2.77 bits per heavy atom. The lowest BCUT2D eigenvalue weighted by Gasteiger charge is -2.20. The number of aromatic nitrogens is 2. The van der Waals surface area contributed by atoms with Crippen LogP contribution >= 0.6 is 15.9 Å². The smallest absolute Gasteiger partial charge is 0.174 e. The maximum Gasteiger partial charge on any atom is 0.174 e. The molecule has 1 saturated carbocycles. The Balaban J connectivity index is 1.61. The molecule has 0 bridgehead atoms. The molecule has 1 fully saturated rings. The third-order valence-corrected chi connectivity index (χ3v) is 6.71. The Kier molecular flexibility index (Phi) is 8.77. The first-order chi connectivity index (χ1) is 16.8. The number of rotatable bonds is 13. The normalized spacial score (nSPS) is 14.7. The molecule has 3 aromatic rings. The van der Waals surface area contributed by atoms with E-state index < -0.39 is 12.0 Å². The molecule has 35 heavy (non-hydrogen) atoms. The summed E-state index contributed by atoms with van der Waals surface area (Å²) in [5.74, 6) is 0.0339. The van der Waals surface area contributed by atoms with Gasteiger partial charge < -0.3 is 20.3 Å². The van der Waals surface area contributed by atoms with Crippen LogP contribution in [0, 0.1) is 18.7 Å². The molecular weight excluding hydrogens is 513 g/mol. The highest BCUT2D eigenvalue weighted by atomic mass is 79.9. The van der Waals surface area contributed by atoms with E-state index in [4.69, 9.17) is 4.84 Å². The van der Waals surface area contributed by atoms with Crippen molar-refractivity contribution in [3.63, 3.8) is 0 Å². The van der Waals surface area contributed by atoms with Crippen LogP contribution in [0.2, 0.25) is 0 Å². The predicted molar refractivity (Wildman–Crippen MR) is 141 cm³/mol. The highest BCUT2D eigenvalue weighted by Gasteiger charge is 2.25. The van der Waals surface area contributed by atoms with E-state index in [1.54, 1.807) is 12.4 Å². The fraction of sp³-hybridized carbons (Fsp3) is 0.500. The van der Waals surface area contributed by atoms with Crippen molar-refractivity contribution >= 4 is 38.3 Å². The Bertz CT molecular complexity index is 1150. The van der Waals surface area contributed by atoms with Crippen LogP contribution in [0.15, 0.2) is 35.1 Å². The second-order valence-corrected chi connectivity index (χ2v) is 10.6. The number of halogens is 2. The van der Waals surface area contributed by atoms with Crippen molar-refractivity contribution in [3.8, 4) is 0 Å². The Labute approximate surface area is 214 Å². The lowest BCUT2D eigenvalue weighted by atomic mass is 10.1. The number of benzene rings is 2. The van der Waals surface area contributed by atoms with Gasteiger partial charge in [0, 0.05) is 28.3 Å². The van der Waals surface area contributed by atoms with Gasteiger partial charge in [0.15, 0.2) is 12.0 Å². The molecule has 1 atom stereocenters. The molecule has 1 heterocycles. The zero-order valence-corrected chi connectivity index (χ0v) is 22.2. The van der Waals surface area contributed by atoms with Gasteiger partial charge in [-0.2, -0.15) is 5.48 Å². The first-order valence-corrected chi connectivity index (χ1v) is 13.1. The van der Waals surface area contributed by atoms with E-state index in [1.165, 1.54) is 0 Å². The first kappa shape index (κ1) is 26.0. The molecule has 0 saturated heterocycles. The molecule has 1 aliphatic carbocycles. The van der Waals surface area contributed by atoms with Gasteiger partial charge in [-0.3, -0.25) is 4.84 Å². The highest BCUT2D eigenvalue weighted by Crippen LogP contribution is 2.35. The molecule has 9 heteroatoms. The third kappa shape index (κ3) is 6.80. The maximum atomic E-state index is 15.9. The lowest BCUT2D eigenvalue weighted by molar-refractivity contribution is -0.0619. The molecule has 7 nitrogen and oxygen atoms in total. The second-order valence-electron chi connectivity index (χ2n) is 9.64. The van der Waals surface area contributed by atoms with E-state index in [1.807, 2.05) is 29.7 Å². The minimum Gasteiger partial charge on any atom is -0.372 e. The van der Waals surface area contributed by atoms with Crippen LogP contribution in [0.1, 0.15) is 56.9 Å². The molecule has 2 aromatic carbocycles. The number of aryl methyl sites for hydroxylation is 2. The van der Waals surface area contributed by atoms with Crippen LogP contribution < -0.4 is 16.1 Å². The van der Waals surface area contributed by atoms with Gasteiger partial charge in [-0.15, -0.1) is 0 Å². The van der Waals surface area contributed by atoms with E-state index in [0.717, 1.165) is 54.5 Å². The number of aliphatic hydroxyl groups excluding tert-OH is 1. The van der Waals surface area contributed by atoms with Crippen LogP contribution in [0.5, 0.6) is 0 Å². The quantitative estimate of drug-likeness (QED) is 0.125. The Morgan fingerprint density at radius 2 is 2.06 bits per heavy atom. The SMILES string of the molecule is Cc1cc(Br)ccc1Nc1c(C(O)NOCC2CC2)cc2c(ncn2CCCCNC(C)C)c1F. The minimum atomic E-state index is -1.20. The zero-order valence-electron chi connectivity index (χ0n) is 20.6. The minimum absolute atomic E-state index is 0.185. The zero-order chi connectivity index (χ0) is 24.9. The van der Waals surface area contributed by atoms with Gasteiger partial charge in [0.05, 0.1) is 24.1 Å². The van der Waals surface area contributed by atoms with Crippen LogP contribution in [-0.2, 0) is 11.4 Å². The van der Waals surface area contributed by atoms with E-state index in [-0.39, 0.29) is 11.2 Å². The van der Waals surface area contributed by atoms with Crippen LogP contribution in [0.4, 0.5) is 15.8 Å². The fourth-order valence-corrected chi connectivity index (χ4v) is 4.47. The maximum absolute atomic E-state index is 15.9. The summed E-state index contributed by atoms with van der Waals surface area (Å²) in [6.45, 7) is 8.38. The van der Waals surface area contributed by atoms with Crippen molar-refractivity contribution in [2.75, 3.05) is 18.5 Å². The number of imidazole rings is 1. The summed E-state index contributed by atoms with van der Waals surface area (Å²) in [4.78, 5) is 9.88. The summed E-state index contributed by atoms with van der Waals surface area (Å²) in [6.07, 6.45) is 4.69. The molecular formula is C26H35BrFN5O2. The fourth-order valence-electron chi connectivity index (χ4n) is 3.99. The standard InChI is InChI=1S/C26H35BrFN5O2/c1-16(2)29-10-4-5-11-33-15-30-25-22(33)13-20(26(34)32-35-14-18-6-7-18)24(23(25)28)31-21-9-8-19(27)12-17(21)3/h8-9,12-13,15-16,18,26,29,31-32,34H,4-7,10-11,14H2,1-3H3. The van der Waals surface area contributed by atoms with Gasteiger partial charge >= 0.3 is 0 Å². The van der Waals surface area contributed by atoms with Crippen molar-refractivity contribution in [1.29, 1.82) is 0 Å². The van der Waals surface area contributed by atoms with Crippen LogP contribution in [0.3, 0.4) is 0 Å². The van der Waals surface area contributed by atoms with Gasteiger partial charge in [-0.05, 0) is 74.9 Å². The first-order valence-electron chi connectivity index (χ1n) is 12.3. The number of anilines is 2. The summed E-state index contributed by atoms with van der Waals surface area (Å²) in [5, 5.41) is 17.6. The predicted octanol–water partition coefficient (Wildman–Crippen LogP) is 5.69. The van der Waals surface area contributed by atoms with Crippen molar-refractivity contribution in [3.05, 3.63) is 52.0 Å². The number of nitrogens with one attached hydrogen (secondary N) is 3. The topological polar surface area (TPSA) is 83.4 Å². The van der Waals surface area contributed by atoms with E-state index in [0.29, 0.717) is 29.6 Å². The molecule has 0 radical (unpaired) electrons. The van der Waals surface area contributed by atoms with Gasteiger partial charge in [0.25, 0.3) is 0 Å². The van der Waals surface area contributed by atoms with Crippen molar-refractivity contribution in [2.24, 2.45) is 5.92 Å². The number of aliphatic hydroxyl groups is 1. The van der Waals surface area contributed by atoms with E-state index >= 15 is 4.39 Å². The van der Waals surface area contributed by atoms with Crippen molar-refractivity contribution in [2.45, 2.75) is 65.3 Å². The van der Waals surface area contributed by atoms with Gasteiger partial charge in [-0.25, -0.2) is 9.37 Å². The molecule has 0 spiro atoms. The number of nitrogens with zero attached hydrogens (tertiary/aromatic N) is 2. The number of fused-ring (bicyclic) bond motifs is 1. The molecule has 0 aliphatic heterocycles. The molecule has 1 aromatic heterocycles. The van der Waals surface area contributed by atoms with Gasteiger partial charge in [0.2, 0.25) is 0 Å². The van der Waals surface area contributed by atoms with Gasteiger partial charge in [0.1, 0.15) is 5.52 Å². The summed E-state index contributed by atoms with van der Waals surface area (Å²) >= 11 is 3.47. The average Bonchev–Trinajstić information content (AvgIpc) is 3.54. The average molecular weight is 549 g/mol.